The lowest BCUT2D eigenvalue weighted by Crippen LogP contribution is -2.59. The zero-order chi connectivity index (χ0) is 47.6. The first kappa shape index (κ1) is 51.0. The summed E-state index contributed by atoms with van der Waals surface area (Å²) >= 11 is 5.62. The summed E-state index contributed by atoms with van der Waals surface area (Å²) in [4.78, 5) is 61.6. The molecule has 3 aliphatic rings. The fraction of sp³-hybridized carbons (Fsp3) is 0.489. The van der Waals surface area contributed by atoms with E-state index in [1.165, 1.54) is 7.11 Å². The molecule has 1 saturated heterocycles. The molecule has 1 fully saturated rings. The second-order valence-electron chi connectivity index (χ2n) is 17.2. The van der Waals surface area contributed by atoms with Gasteiger partial charge in [0.05, 0.1) is 35.1 Å². The Morgan fingerprint density at radius 2 is 1.78 bits per heavy atom. The van der Waals surface area contributed by atoms with E-state index in [2.05, 4.69) is 16.0 Å². The number of thiocarbonyl (C=S) groups is 1. The number of phenolic OH excluding ortho intramolecular Hbond substituents is 1. The number of carbonyl (C=O) groups is 3. The Kier molecular flexibility index (Phi) is 16.2. The number of aromatic nitrogens is 2. The summed E-state index contributed by atoms with van der Waals surface area (Å²) in [6.07, 6.45) is -2.92. The number of halogens is 1. The Morgan fingerprint density at radius 3 is 2.43 bits per heavy atom. The van der Waals surface area contributed by atoms with E-state index in [0.29, 0.717) is 60.6 Å². The predicted octanol–water partition coefficient (Wildman–Crippen LogP) is 3.81. The highest BCUT2D eigenvalue weighted by atomic mass is 35.5. The summed E-state index contributed by atoms with van der Waals surface area (Å²) in [5, 5.41) is 41.0. The Morgan fingerprint density at radius 1 is 1.04 bits per heavy atom. The summed E-state index contributed by atoms with van der Waals surface area (Å²) < 4.78 is 30.1. The van der Waals surface area contributed by atoms with Gasteiger partial charge in [-0.15, -0.1) is 12.4 Å². The number of fused-ring (bicyclic) bond motifs is 5. The Labute approximate surface area is 399 Å². The third-order valence-electron chi connectivity index (χ3n) is 12.6. The zero-order valence-corrected chi connectivity index (χ0v) is 39.8. The molecule has 20 heteroatoms. The number of nitrogens with one attached hydrogen (secondary N) is 3. The number of esters is 2. The zero-order valence-electron chi connectivity index (χ0n) is 38.2. The van der Waals surface area contributed by atoms with Gasteiger partial charge in [-0.1, -0.05) is 27.7 Å². The molecule has 6 unspecified atom stereocenters. The van der Waals surface area contributed by atoms with Gasteiger partial charge in [0.15, 0.2) is 5.11 Å². The third-order valence-corrected chi connectivity index (χ3v) is 12.8. The SMILES string of the molecule is CCc1c2c(nc3ccc(O)cc13)-c1cc3c(c(=O)n1C2)COC(=O)C3(CC)OC(=O)[C@@H](NC(=O)[C@H](CCCCN)NC(=S)Nc1ccc(OC2OC(C)C(O)C(OC)C2O)cc1)C(C)C.Cl. The number of phenols is 1. The summed E-state index contributed by atoms with van der Waals surface area (Å²) in [6, 6.07) is 11.0. The number of aryl methyl sites for hydroxylation is 1. The number of cyclic esters (lactones) is 1. The van der Waals surface area contributed by atoms with Gasteiger partial charge in [0.2, 0.25) is 17.8 Å². The summed E-state index contributed by atoms with van der Waals surface area (Å²) in [6.45, 7) is 9.05. The Hall–Kier alpha value is -5.41. The van der Waals surface area contributed by atoms with Crippen molar-refractivity contribution in [1.82, 2.24) is 20.2 Å². The lowest BCUT2D eigenvalue weighted by Gasteiger charge is -2.40. The Balaban J connectivity index is 0.00000741. The molecule has 3 aliphatic heterocycles. The van der Waals surface area contributed by atoms with E-state index in [0.717, 1.165) is 16.5 Å². The Bertz CT molecular complexity index is 2560. The highest BCUT2D eigenvalue weighted by molar-refractivity contribution is 7.80. The standard InChI is InChI=1S/C47H58N6O12S.ClH/c1-7-28-29-19-26(54)14-17-33(29)50-37-30(28)21-53-35(37)20-32-31(42(53)58)22-62-45(60)47(32,8-2)65-43(59)36(23(3)4)52-41(57)34(11-9-10-18-48)51-46(66)49-25-12-15-27(16-13-25)64-44-39(56)40(61-6)38(55)24(5)63-44;/h12-17,19-20,23-24,34,36,38-40,44,54-56H,7-11,18,21-22,48H2,1-6H3,(H,52,57)(H2,49,51,66);1H/t24?,34-,36-,38?,39?,40?,44?,47?;/m0./s1. The van der Waals surface area contributed by atoms with Gasteiger partial charge in [0.1, 0.15) is 48.5 Å². The maximum absolute atomic E-state index is 14.4. The first-order valence-corrected chi connectivity index (χ1v) is 22.7. The number of nitrogens with zero attached hydrogens (tertiary/aromatic N) is 2. The molecule has 5 heterocycles. The van der Waals surface area contributed by atoms with Crippen molar-refractivity contribution < 1.29 is 53.4 Å². The van der Waals surface area contributed by atoms with E-state index >= 15 is 0 Å². The maximum atomic E-state index is 14.4. The molecule has 2 aromatic heterocycles. The van der Waals surface area contributed by atoms with Crippen LogP contribution in [0.25, 0.3) is 22.3 Å². The molecule has 0 saturated carbocycles. The van der Waals surface area contributed by atoms with Gasteiger partial charge < -0.3 is 65.3 Å². The molecule has 0 aliphatic carbocycles. The maximum Gasteiger partial charge on any atom is 0.355 e. The minimum Gasteiger partial charge on any atom is -0.508 e. The van der Waals surface area contributed by atoms with Crippen molar-refractivity contribution in [3.63, 3.8) is 0 Å². The van der Waals surface area contributed by atoms with Crippen LogP contribution in [0.3, 0.4) is 0 Å². The predicted molar refractivity (Wildman–Crippen MR) is 254 cm³/mol. The number of nitrogens with two attached hydrogens (primary N) is 1. The lowest BCUT2D eigenvalue weighted by molar-refractivity contribution is -0.272. The highest BCUT2D eigenvalue weighted by Gasteiger charge is 2.52. The second-order valence-corrected chi connectivity index (χ2v) is 17.6. The second kappa shape index (κ2) is 21.3. The highest BCUT2D eigenvalue weighted by Crippen LogP contribution is 2.43. The number of rotatable bonds is 16. The fourth-order valence-electron chi connectivity index (χ4n) is 8.91. The van der Waals surface area contributed by atoms with Gasteiger partial charge in [-0.2, -0.15) is 0 Å². The first-order valence-electron chi connectivity index (χ1n) is 22.3. The number of amides is 1. The van der Waals surface area contributed by atoms with Gasteiger partial charge in [-0.25, -0.2) is 14.6 Å². The van der Waals surface area contributed by atoms with Gasteiger partial charge in [0.25, 0.3) is 5.56 Å². The minimum atomic E-state index is -2.02. The van der Waals surface area contributed by atoms with Gasteiger partial charge in [-0.05, 0) is 118 Å². The molecule has 0 spiro atoms. The molecule has 0 radical (unpaired) electrons. The van der Waals surface area contributed by atoms with Crippen molar-refractivity contribution in [2.24, 2.45) is 11.7 Å². The van der Waals surface area contributed by atoms with Crippen LogP contribution in [0.15, 0.2) is 53.3 Å². The van der Waals surface area contributed by atoms with Gasteiger partial charge >= 0.3 is 11.9 Å². The summed E-state index contributed by atoms with van der Waals surface area (Å²) in [5.41, 5.74) is 7.67. The van der Waals surface area contributed by atoms with Crippen molar-refractivity contribution in [3.8, 4) is 22.9 Å². The monoisotopic (exact) mass is 966 g/mol. The summed E-state index contributed by atoms with van der Waals surface area (Å²) in [5.74, 6) is -2.35. The van der Waals surface area contributed by atoms with Crippen LogP contribution in [-0.4, -0.2) is 104 Å². The van der Waals surface area contributed by atoms with Crippen LogP contribution in [-0.2, 0) is 58.5 Å². The largest absolute Gasteiger partial charge is 0.508 e. The van der Waals surface area contributed by atoms with Gasteiger partial charge in [0, 0.05) is 29.3 Å². The normalized spacial score (nSPS) is 22.6. The number of hydrogen-bond acceptors (Lipinski definition) is 15. The van der Waals surface area contributed by atoms with Crippen LogP contribution in [0.5, 0.6) is 11.5 Å². The minimum absolute atomic E-state index is 0. The molecule has 1 amide bonds. The van der Waals surface area contributed by atoms with Crippen molar-refractivity contribution in [2.45, 2.75) is 128 Å². The van der Waals surface area contributed by atoms with Crippen LogP contribution >= 0.6 is 24.6 Å². The molecule has 4 aromatic rings. The molecule has 0 bridgehead atoms. The number of anilines is 1. The number of carbonyl (C=O) groups excluding carboxylic acids is 3. The average molecular weight is 968 g/mol. The first-order chi connectivity index (χ1) is 31.5. The number of unbranched alkanes of at least 4 members (excludes halogenated alkanes) is 1. The number of benzene rings is 2. The van der Waals surface area contributed by atoms with Crippen molar-refractivity contribution >= 4 is 64.2 Å². The van der Waals surface area contributed by atoms with E-state index in [-0.39, 0.29) is 54.0 Å². The van der Waals surface area contributed by atoms with Crippen LogP contribution in [0, 0.1) is 5.92 Å². The van der Waals surface area contributed by atoms with Gasteiger partial charge in [-0.3, -0.25) is 9.59 Å². The molecular weight excluding hydrogens is 908 g/mol. The average Bonchev–Trinajstić information content (AvgIpc) is 3.66. The van der Waals surface area contributed by atoms with Crippen molar-refractivity contribution in [1.29, 1.82) is 0 Å². The van der Waals surface area contributed by atoms with Crippen LogP contribution in [0.1, 0.15) is 82.6 Å². The molecular formula is C47H59ClN6O12S. The van der Waals surface area contributed by atoms with Crippen LogP contribution in [0.4, 0.5) is 5.69 Å². The molecule has 2 aromatic carbocycles. The van der Waals surface area contributed by atoms with E-state index in [1.54, 1.807) is 80.8 Å². The number of hydrogen-bond donors (Lipinski definition) is 7. The van der Waals surface area contributed by atoms with Crippen molar-refractivity contribution in [2.75, 3.05) is 19.0 Å². The number of aliphatic hydroxyl groups is 2. The molecule has 7 rings (SSSR count). The third kappa shape index (κ3) is 10.1. The van der Waals surface area contributed by atoms with E-state index in [4.69, 9.17) is 46.6 Å². The molecule has 8 atom stereocenters. The number of pyridine rings is 2. The molecule has 18 nitrogen and oxygen atoms in total. The number of aliphatic hydroxyl groups excluding tert-OH is 2. The van der Waals surface area contributed by atoms with E-state index in [9.17, 15) is 34.5 Å². The molecule has 67 heavy (non-hydrogen) atoms. The van der Waals surface area contributed by atoms with E-state index < -0.39 is 77.7 Å². The molecule has 8 N–H and O–H groups in total. The molecule has 362 valence electrons. The fourth-order valence-corrected chi connectivity index (χ4v) is 9.17. The number of aromatic hydroxyl groups is 1. The van der Waals surface area contributed by atoms with Crippen molar-refractivity contribution in [3.05, 3.63) is 81.1 Å². The quantitative estimate of drug-likeness (QED) is 0.0422. The topological polar surface area (TPSA) is 255 Å². The van der Waals surface area contributed by atoms with E-state index in [1.807, 2.05) is 6.92 Å². The smallest absolute Gasteiger partial charge is 0.355 e. The van der Waals surface area contributed by atoms with Crippen LogP contribution < -0.4 is 32.0 Å². The summed E-state index contributed by atoms with van der Waals surface area (Å²) in [7, 11) is 1.38. The lowest BCUT2D eigenvalue weighted by atomic mass is 9.85. The van der Waals surface area contributed by atoms with Crippen LogP contribution in [0.2, 0.25) is 0 Å². The number of methoxy groups -OCH3 is 1. The number of ether oxygens (including phenoxy) is 5.